The third-order valence-electron chi connectivity index (χ3n) is 4.43. The van der Waals surface area contributed by atoms with E-state index < -0.39 is 30.0 Å². The second-order valence-electron chi connectivity index (χ2n) is 6.58. The molecule has 1 aromatic heterocycles. The van der Waals surface area contributed by atoms with E-state index in [4.69, 9.17) is 9.15 Å². The molecular formula is C24H15F2NO4. The maximum Gasteiger partial charge on any atom is 0.338 e. The average Bonchev–Trinajstić information content (AvgIpc) is 3.24. The summed E-state index contributed by atoms with van der Waals surface area (Å²) < 4.78 is 37.0. The first kappa shape index (κ1) is 20.2. The maximum atomic E-state index is 13.2. The van der Waals surface area contributed by atoms with Gasteiger partial charge in [0.2, 0.25) is 17.4 Å². The highest BCUT2D eigenvalue weighted by Gasteiger charge is 2.23. The second-order valence-corrected chi connectivity index (χ2v) is 6.58. The number of ketones is 1. The molecule has 0 amide bonds. The van der Waals surface area contributed by atoms with Crippen LogP contribution < -0.4 is 0 Å². The van der Waals surface area contributed by atoms with Crippen molar-refractivity contribution in [3.05, 3.63) is 102 Å². The first-order chi connectivity index (χ1) is 15.0. The van der Waals surface area contributed by atoms with Gasteiger partial charge in [0.05, 0.1) is 5.56 Å². The molecule has 0 aliphatic carbocycles. The number of nitrogens with zero attached hydrogens (tertiary/aromatic N) is 1. The fraction of sp³-hybridized carbons (Fsp3) is 0.0417. The van der Waals surface area contributed by atoms with Crippen LogP contribution in [0.15, 0.2) is 83.3 Å². The number of carbonyl (C=O) groups excluding carboxylic acids is 2. The smallest absolute Gasteiger partial charge is 0.338 e. The molecule has 0 aliphatic heterocycles. The topological polar surface area (TPSA) is 69.4 Å². The van der Waals surface area contributed by atoms with Gasteiger partial charge in [-0.1, -0.05) is 30.3 Å². The zero-order chi connectivity index (χ0) is 21.8. The lowest BCUT2D eigenvalue weighted by Crippen LogP contribution is -2.14. The first-order valence-corrected chi connectivity index (χ1v) is 9.29. The number of hydrogen-bond donors (Lipinski definition) is 0. The van der Waals surface area contributed by atoms with Gasteiger partial charge in [0, 0.05) is 11.1 Å². The Bertz CT molecular complexity index is 1220. The molecule has 0 atom stereocenters. The molecule has 0 fully saturated rings. The number of aromatic nitrogens is 1. The van der Waals surface area contributed by atoms with Gasteiger partial charge < -0.3 is 9.15 Å². The number of carbonyl (C=O) groups is 2. The molecule has 0 saturated carbocycles. The van der Waals surface area contributed by atoms with Crippen LogP contribution in [0.4, 0.5) is 8.78 Å². The summed E-state index contributed by atoms with van der Waals surface area (Å²) in [5.74, 6) is -2.23. The van der Waals surface area contributed by atoms with Crippen LogP contribution >= 0.6 is 0 Å². The van der Waals surface area contributed by atoms with Crippen LogP contribution in [-0.2, 0) is 4.74 Å². The van der Waals surface area contributed by atoms with Crippen LogP contribution in [0.1, 0.15) is 20.9 Å². The van der Waals surface area contributed by atoms with Gasteiger partial charge in [0.15, 0.2) is 6.61 Å². The Morgan fingerprint density at radius 1 is 0.806 bits per heavy atom. The molecule has 4 rings (SSSR count). The van der Waals surface area contributed by atoms with E-state index in [2.05, 4.69) is 4.98 Å². The van der Waals surface area contributed by atoms with Gasteiger partial charge in [0.25, 0.3) is 0 Å². The number of Topliss-reactive ketones (excluding diaryl/α,β-unsaturated/α-hetero) is 1. The molecular weight excluding hydrogens is 404 g/mol. The van der Waals surface area contributed by atoms with Crippen LogP contribution in [0.25, 0.3) is 22.7 Å². The van der Waals surface area contributed by atoms with E-state index in [9.17, 15) is 18.4 Å². The third-order valence-corrected chi connectivity index (χ3v) is 4.43. The van der Waals surface area contributed by atoms with Crippen molar-refractivity contribution < 1.29 is 27.5 Å². The van der Waals surface area contributed by atoms with Crippen molar-refractivity contribution in [1.29, 1.82) is 0 Å². The summed E-state index contributed by atoms with van der Waals surface area (Å²) in [6.07, 6.45) is 0. The van der Waals surface area contributed by atoms with Crippen LogP contribution in [-0.4, -0.2) is 23.3 Å². The highest BCUT2D eigenvalue weighted by Crippen LogP contribution is 2.29. The molecule has 3 aromatic carbocycles. The summed E-state index contributed by atoms with van der Waals surface area (Å²) in [7, 11) is 0. The zero-order valence-electron chi connectivity index (χ0n) is 16.0. The number of halogens is 2. The Morgan fingerprint density at radius 2 is 1.42 bits per heavy atom. The number of oxazole rings is 1. The van der Waals surface area contributed by atoms with Gasteiger partial charge in [0.1, 0.15) is 17.3 Å². The molecule has 7 heteroatoms. The van der Waals surface area contributed by atoms with Crippen molar-refractivity contribution in [2.45, 2.75) is 0 Å². The first-order valence-electron chi connectivity index (χ1n) is 9.29. The predicted octanol–water partition coefficient (Wildman–Crippen LogP) is 5.33. The lowest BCUT2D eigenvalue weighted by molar-refractivity contribution is 0.0468. The zero-order valence-corrected chi connectivity index (χ0v) is 16.0. The molecule has 0 bridgehead atoms. The molecule has 0 saturated heterocycles. The van der Waals surface area contributed by atoms with Crippen molar-refractivity contribution in [3.8, 4) is 22.7 Å². The summed E-state index contributed by atoms with van der Waals surface area (Å²) in [6.45, 7) is -0.589. The number of ether oxygens (including phenoxy) is 1. The lowest BCUT2D eigenvalue weighted by Gasteiger charge is -2.04. The van der Waals surface area contributed by atoms with Crippen LogP contribution in [0, 0.1) is 11.6 Å². The lowest BCUT2D eigenvalue weighted by atomic mass is 10.1. The van der Waals surface area contributed by atoms with Gasteiger partial charge in [-0.05, 0) is 48.5 Å². The summed E-state index contributed by atoms with van der Waals surface area (Å²) in [4.78, 5) is 29.3. The molecule has 31 heavy (non-hydrogen) atoms. The Kier molecular flexibility index (Phi) is 5.66. The van der Waals surface area contributed by atoms with Crippen molar-refractivity contribution in [2.24, 2.45) is 0 Å². The van der Waals surface area contributed by atoms with Crippen LogP contribution in [0.3, 0.4) is 0 Å². The molecule has 0 unspecified atom stereocenters. The SMILES string of the molecule is O=C(OCC(=O)c1oc(-c2ccc(F)cc2)nc1-c1ccccc1)c1ccc(F)cc1. The Morgan fingerprint density at radius 3 is 2.06 bits per heavy atom. The van der Waals surface area contributed by atoms with E-state index in [0.717, 1.165) is 12.1 Å². The van der Waals surface area contributed by atoms with Gasteiger partial charge in [-0.25, -0.2) is 18.6 Å². The normalized spacial score (nSPS) is 10.6. The predicted molar refractivity (Wildman–Crippen MR) is 108 cm³/mol. The van der Waals surface area contributed by atoms with E-state index in [0.29, 0.717) is 11.1 Å². The minimum absolute atomic E-state index is 0.0857. The van der Waals surface area contributed by atoms with E-state index >= 15 is 0 Å². The molecule has 0 aliphatic rings. The van der Waals surface area contributed by atoms with Crippen molar-refractivity contribution in [1.82, 2.24) is 4.98 Å². The Hall–Kier alpha value is -4.13. The fourth-order valence-corrected chi connectivity index (χ4v) is 2.88. The highest BCUT2D eigenvalue weighted by molar-refractivity contribution is 6.01. The second kappa shape index (κ2) is 8.71. The minimum atomic E-state index is -0.770. The molecule has 1 heterocycles. The Labute approximate surface area is 175 Å². The molecule has 154 valence electrons. The maximum absolute atomic E-state index is 13.2. The summed E-state index contributed by atoms with van der Waals surface area (Å²) in [5.41, 5.74) is 1.51. The number of benzene rings is 3. The van der Waals surface area contributed by atoms with E-state index in [1.807, 2.05) is 6.07 Å². The monoisotopic (exact) mass is 419 g/mol. The van der Waals surface area contributed by atoms with E-state index in [1.165, 1.54) is 36.4 Å². The fourth-order valence-electron chi connectivity index (χ4n) is 2.88. The molecule has 0 N–H and O–H groups in total. The van der Waals surface area contributed by atoms with Gasteiger partial charge in [-0.3, -0.25) is 4.79 Å². The van der Waals surface area contributed by atoms with E-state index in [-0.39, 0.29) is 22.9 Å². The molecule has 0 radical (unpaired) electrons. The van der Waals surface area contributed by atoms with Crippen molar-refractivity contribution >= 4 is 11.8 Å². The third kappa shape index (κ3) is 4.56. The summed E-state index contributed by atoms with van der Waals surface area (Å²) >= 11 is 0. The van der Waals surface area contributed by atoms with Crippen LogP contribution in [0.5, 0.6) is 0 Å². The van der Waals surface area contributed by atoms with Gasteiger partial charge in [-0.2, -0.15) is 0 Å². The molecule has 5 nitrogen and oxygen atoms in total. The summed E-state index contributed by atoms with van der Waals surface area (Å²) in [5, 5.41) is 0. The standard InChI is InChI=1S/C24H15F2NO4/c25-18-10-6-16(7-11-18)23-27-21(15-4-2-1-3-5-15)22(31-23)20(28)14-30-24(29)17-8-12-19(26)13-9-17/h1-13H,14H2. The minimum Gasteiger partial charge on any atom is -0.454 e. The molecule has 4 aromatic rings. The number of hydrogen-bond acceptors (Lipinski definition) is 5. The quantitative estimate of drug-likeness (QED) is 0.312. The van der Waals surface area contributed by atoms with Crippen molar-refractivity contribution in [3.63, 3.8) is 0 Å². The largest absolute Gasteiger partial charge is 0.454 e. The Balaban J connectivity index is 1.61. The van der Waals surface area contributed by atoms with Crippen LogP contribution in [0.2, 0.25) is 0 Å². The van der Waals surface area contributed by atoms with Gasteiger partial charge in [-0.15, -0.1) is 0 Å². The summed E-state index contributed by atoms with van der Waals surface area (Å²) in [6, 6.07) is 19.2. The van der Waals surface area contributed by atoms with Gasteiger partial charge >= 0.3 is 5.97 Å². The average molecular weight is 419 g/mol. The molecule has 0 spiro atoms. The van der Waals surface area contributed by atoms with Crippen molar-refractivity contribution in [2.75, 3.05) is 6.61 Å². The number of rotatable bonds is 6. The number of esters is 1. The van der Waals surface area contributed by atoms with E-state index in [1.54, 1.807) is 24.3 Å². The highest BCUT2D eigenvalue weighted by atomic mass is 19.1.